The molecule has 0 saturated carbocycles. The van der Waals surface area contributed by atoms with Crippen LogP contribution in [-0.2, 0) is 6.42 Å². The van der Waals surface area contributed by atoms with Crippen molar-refractivity contribution in [1.29, 1.82) is 0 Å². The summed E-state index contributed by atoms with van der Waals surface area (Å²) in [5.41, 5.74) is 3.86. The highest BCUT2D eigenvalue weighted by Gasteiger charge is 2.18. The van der Waals surface area contributed by atoms with Crippen molar-refractivity contribution < 1.29 is 4.79 Å². The van der Waals surface area contributed by atoms with Crippen molar-refractivity contribution in [2.24, 2.45) is 0 Å². The summed E-state index contributed by atoms with van der Waals surface area (Å²) in [6, 6.07) is 15.4. The number of aryl methyl sites for hydroxylation is 1. The first-order valence-corrected chi connectivity index (χ1v) is 8.47. The van der Waals surface area contributed by atoms with Crippen molar-refractivity contribution in [3.63, 3.8) is 0 Å². The summed E-state index contributed by atoms with van der Waals surface area (Å²) in [6.07, 6.45) is 0.885. The molecule has 0 saturated heterocycles. The van der Waals surface area contributed by atoms with Gasteiger partial charge in [0.2, 0.25) is 0 Å². The number of anilines is 1. The summed E-state index contributed by atoms with van der Waals surface area (Å²) >= 11 is 3.37. The fourth-order valence-corrected chi connectivity index (χ4v) is 2.77. The third-order valence-corrected chi connectivity index (χ3v) is 4.34. The van der Waals surface area contributed by atoms with Crippen molar-refractivity contribution >= 4 is 27.5 Å². The van der Waals surface area contributed by atoms with E-state index >= 15 is 0 Å². The van der Waals surface area contributed by atoms with Gasteiger partial charge in [0.25, 0.3) is 5.91 Å². The van der Waals surface area contributed by atoms with E-state index in [9.17, 15) is 4.79 Å². The number of hydrogen-bond acceptors (Lipinski definition) is 3. The summed E-state index contributed by atoms with van der Waals surface area (Å²) in [4.78, 5) is 12.5. The van der Waals surface area contributed by atoms with E-state index in [2.05, 4.69) is 44.5 Å². The third-order valence-electron chi connectivity index (χ3n) is 3.81. The van der Waals surface area contributed by atoms with Gasteiger partial charge in [-0.3, -0.25) is 4.79 Å². The smallest absolute Gasteiger partial charge is 0.278 e. The average molecular weight is 385 g/mol. The molecule has 3 rings (SSSR count). The van der Waals surface area contributed by atoms with Crippen LogP contribution in [0.4, 0.5) is 5.69 Å². The molecule has 1 heterocycles. The van der Waals surface area contributed by atoms with Gasteiger partial charge in [0, 0.05) is 10.2 Å². The van der Waals surface area contributed by atoms with Crippen LogP contribution in [0.15, 0.2) is 53.0 Å². The molecule has 0 radical (unpaired) electrons. The van der Waals surface area contributed by atoms with Gasteiger partial charge in [-0.2, -0.15) is 0 Å². The highest BCUT2D eigenvalue weighted by atomic mass is 79.9. The zero-order chi connectivity index (χ0) is 17.1. The number of carbonyl (C=O) groups is 1. The molecule has 0 aliphatic heterocycles. The molecule has 0 bridgehead atoms. The number of amides is 1. The predicted molar refractivity (Wildman–Crippen MR) is 97.6 cm³/mol. The first kappa shape index (κ1) is 16.4. The Morgan fingerprint density at radius 2 is 1.88 bits per heavy atom. The number of para-hydroxylation sites is 1. The third kappa shape index (κ3) is 3.23. The first-order valence-electron chi connectivity index (χ1n) is 7.67. The van der Waals surface area contributed by atoms with Crippen LogP contribution in [0.25, 0.3) is 5.69 Å². The Labute approximate surface area is 148 Å². The normalized spacial score (nSPS) is 10.6. The molecular formula is C18H17BrN4O. The van der Waals surface area contributed by atoms with Gasteiger partial charge in [-0.25, -0.2) is 4.68 Å². The topological polar surface area (TPSA) is 59.8 Å². The van der Waals surface area contributed by atoms with Gasteiger partial charge in [-0.1, -0.05) is 46.3 Å². The fraction of sp³-hybridized carbons (Fsp3) is 0.167. The van der Waals surface area contributed by atoms with Gasteiger partial charge in [0.05, 0.1) is 11.4 Å². The van der Waals surface area contributed by atoms with Gasteiger partial charge >= 0.3 is 0 Å². The van der Waals surface area contributed by atoms with Crippen LogP contribution in [0, 0.1) is 6.92 Å². The van der Waals surface area contributed by atoms with Crippen molar-refractivity contribution in [2.75, 3.05) is 5.32 Å². The van der Waals surface area contributed by atoms with Gasteiger partial charge in [-0.15, -0.1) is 5.10 Å². The second-order valence-electron chi connectivity index (χ2n) is 5.38. The minimum absolute atomic E-state index is 0.268. The zero-order valence-electron chi connectivity index (χ0n) is 13.5. The first-order chi connectivity index (χ1) is 11.6. The molecule has 5 nitrogen and oxygen atoms in total. The lowest BCUT2D eigenvalue weighted by atomic mass is 10.1. The summed E-state index contributed by atoms with van der Waals surface area (Å²) in [5, 5.41) is 11.1. The van der Waals surface area contributed by atoms with Crippen LogP contribution >= 0.6 is 15.9 Å². The molecule has 1 N–H and O–H groups in total. The largest absolute Gasteiger partial charge is 0.321 e. The van der Waals surface area contributed by atoms with E-state index in [4.69, 9.17) is 0 Å². The molecule has 3 aromatic rings. The average Bonchev–Trinajstić information content (AvgIpc) is 2.98. The Bertz CT molecular complexity index is 871. The molecule has 1 amide bonds. The second kappa shape index (κ2) is 6.97. The van der Waals surface area contributed by atoms with E-state index in [0.717, 1.165) is 22.1 Å². The lowest BCUT2D eigenvalue weighted by Gasteiger charge is -2.09. The van der Waals surface area contributed by atoms with Crippen LogP contribution in [0.1, 0.15) is 28.7 Å². The number of halogens is 1. The van der Waals surface area contributed by atoms with Crippen molar-refractivity contribution in [3.8, 4) is 5.69 Å². The minimum Gasteiger partial charge on any atom is -0.321 e. The van der Waals surface area contributed by atoms with Gasteiger partial charge in [-0.05, 0) is 49.2 Å². The molecule has 24 heavy (non-hydrogen) atoms. The van der Waals surface area contributed by atoms with E-state index in [1.807, 2.05) is 49.4 Å². The molecule has 6 heteroatoms. The van der Waals surface area contributed by atoms with Crippen molar-refractivity contribution in [1.82, 2.24) is 15.0 Å². The van der Waals surface area contributed by atoms with E-state index in [1.54, 1.807) is 4.68 Å². The van der Waals surface area contributed by atoms with Crippen LogP contribution < -0.4 is 5.32 Å². The Hall–Kier alpha value is -2.47. The van der Waals surface area contributed by atoms with Crippen LogP contribution in [0.3, 0.4) is 0 Å². The molecule has 0 aliphatic rings. The molecule has 0 unspecified atom stereocenters. The molecule has 0 fully saturated rings. The quantitative estimate of drug-likeness (QED) is 0.734. The van der Waals surface area contributed by atoms with Crippen molar-refractivity contribution in [3.05, 3.63) is 70.0 Å². The number of rotatable bonds is 4. The Kier molecular flexibility index (Phi) is 4.76. The van der Waals surface area contributed by atoms with E-state index in [0.29, 0.717) is 17.1 Å². The lowest BCUT2D eigenvalue weighted by Crippen LogP contribution is -2.14. The maximum Gasteiger partial charge on any atom is 0.278 e. The molecule has 0 aliphatic carbocycles. The van der Waals surface area contributed by atoms with Gasteiger partial charge in [0.1, 0.15) is 0 Å². The zero-order valence-corrected chi connectivity index (χ0v) is 15.0. The number of benzene rings is 2. The Morgan fingerprint density at radius 3 is 2.58 bits per heavy atom. The van der Waals surface area contributed by atoms with Crippen molar-refractivity contribution in [2.45, 2.75) is 20.3 Å². The van der Waals surface area contributed by atoms with E-state index in [1.165, 1.54) is 0 Å². The van der Waals surface area contributed by atoms with E-state index in [-0.39, 0.29) is 5.91 Å². The van der Waals surface area contributed by atoms with Gasteiger partial charge < -0.3 is 5.32 Å². The highest BCUT2D eigenvalue weighted by molar-refractivity contribution is 9.10. The molecule has 122 valence electrons. The highest BCUT2D eigenvalue weighted by Crippen LogP contribution is 2.19. The summed E-state index contributed by atoms with van der Waals surface area (Å²) in [7, 11) is 0. The number of carbonyl (C=O) groups excluding carboxylic acids is 1. The standard InChI is InChI=1S/C18H17BrN4O/c1-3-13-6-4-5-7-16(13)23-12(2)17(21-22-23)18(24)20-15-10-8-14(19)9-11-15/h4-11H,3H2,1-2H3,(H,20,24). The van der Waals surface area contributed by atoms with Crippen LogP contribution in [0.2, 0.25) is 0 Å². The number of nitrogens with zero attached hydrogens (tertiary/aromatic N) is 3. The minimum atomic E-state index is -0.268. The second-order valence-corrected chi connectivity index (χ2v) is 6.29. The maximum absolute atomic E-state index is 12.5. The number of aromatic nitrogens is 3. The van der Waals surface area contributed by atoms with Crippen LogP contribution in [-0.4, -0.2) is 20.9 Å². The van der Waals surface area contributed by atoms with Gasteiger partial charge in [0.15, 0.2) is 5.69 Å². The molecule has 2 aromatic carbocycles. The number of nitrogens with one attached hydrogen (secondary N) is 1. The summed E-state index contributed by atoms with van der Waals surface area (Å²) < 4.78 is 2.67. The lowest BCUT2D eigenvalue weighted by molar-refractivity contribution is 0.102. The Balaban J connectivity index is 1.89. The maximum atomic E-state index is 12.5. The summed E-state index contributed by atoms with van der Waals surface area (Å²) in [6.45, 7) is 3.94. The van der Waals surface area contributed by atoms with E-state index < -0.39 is 0 Å². The molecule has 1 aromatic heterocycles. The molecular weight excluding hydrogens is 368 g/mol. The monoisotopic (exact) mass is 384 g/mol. The molecule has 0 spiro atoms. The van der Waals surface area contributed by atoms with Crippen LogP contribution in [0.5, 0.6) is 0 Å². The number of hydrogen-bond donors (Lipinski definition) is 1. The fourth-order valence-electron chi connectivity index (χ4n) is 2.51. The molecule has 0 atom stereocenters. The Morgan fingerprint density at radius 1 is 1.17 bits per heavy atom. The predicted octanol–water partition coefficient (Wildman–Crippen LogP) is 4.15. The SMILES string of the molecule is CCc1ccccc1-n1nnc(C(=O)Nc2ccc(Br)cc2)c1C. The summed E-state index contributed by atoms with van der Waals surface area (Å²) in [5.74, 6) is -0.268.